The monoisotopic (exact) mass is 284 g/mol. The number of methoxy groups -OCH3 is 1. The molecular formula is C15H25FN2O2. The second kappa shape index (κ2) is 8.89. The SMILES string of the molecule is CCN(CCO)CCC(NC)c1c(F)cccc1OC. The van der Waals surface area contributed by atoms with Gasteiger partial charge in [0.15, 0.2) is 0 Å². The van der Waals surface area contributed by atoms with Crippen molar-refractivity contribution in [1.29, 1.82) is 0 Å². The summed E-state index contributed by atoms with van der Waals surface area (Å²) < 4.78 is 19.3. The Morgan fingerprint density at radius 3 is 2.70 bits per heavy atom. The van der Waals surface area contributed by atoms with Gasteiger partial charge >= 0.3 is 0 Å². The molecule has 0 bridgehead atoms. The number of benzene rings is 1. The van der Waals surface area contributed by atoms with Crippen LogP contribution in [0.5, 0.6) is 5.75 Å². The Bertz CT molecular complexity index is 401. The van der Waals surface area contributed by atoms with Crippen molar-refractivity contribution < 1.29 is 14.2 Å². The lowest BCUT2D eigenvalue weighted by atomic mass is 10.0. The first kappa shape index (κ1) is 16.9. The van der Waals surface area contributed by atoms with Crippen LogP contribution in [0.25, 0.3) is 0 Å². The first-order chi connectivity index (χ1) is 9.67. The predicted molar refractivity (Wildman–Crippen MR) is 78.6 cm³/mol. The van der Waals surface area contributed by atoms with E-state index < -0.39 is 0 Å². The molecule has 0 amide bonds. The molecule has 4 nitrogen and oxygen atoms in total. The second-order valence-corrected chi connectivity index (χ2v) is 4.64. The van der Waals surface area contributed by atoms with E-state index in [1.807, 2.05) is 14.0 Å². The summed E-state index contributed by atoms with van der Waals surface area (Å²) in [6, 6.07) is 4.76. The minimum Gasteiger partial charge on any atom is -0.496 e. The number of rotatable bonds is 9. The molecule has 0 saturated heterocycles. The van der Waals surface area contributed by atoms with Crippen molar-refractivity contribution in [2.45, 2.75) is 19.4 Å². The fraction of sp³-hybridized carbons (Fsp3) is 0.600. The standard InChI is InChI=1S/C15H25FN2O2/c1-4-18(10-11-19)9-8-13(17-2)15-12(16)6-5-7-14(15)20-3/h5-7,13,17,19H,4,8-11H2,1-3H3. The molecule has 0 radical (unpaired) electrons. The lowest BCUT2D eigenvalue weighted by molar-refractivity contribution is 0.195. The van der Waals surface area contributed by atoms with Gasteiger partial charge in [-0.25, -0.2) is 4.39 Å². The third-order valence-corrected chi connectivity index (χ3v) is 3.53. The van der Waals surface area contributed by atoms with Gasteiger partial charge in [0.1, 0.15) is 11.6 Å². The molecule has 0 heterocycles. The second-order valence-electron chi connectivity index (χ2n) is 4.64. The third kappa shape index (κ3) is 4.44. The number of aliphatic hydroxyl groups is 1. The van der Waals surface area contributed by atoms with E-state index in [2.05, 4.69) is 10.2 Å². The molecular weight excluding hydrogens is 259 g/mol. The van der Waals surface area contributed by atoms with E-state index in [-0.39, 0.29) is 18.5 Å². The number of nitrogens with one attached hydrogen (secondary N) is 1. The Morgan fingerprint density at radius 1 is 1.40 bits per heavy atom. The van der Waals surface area contributed by atoms with Gasteiger partial charge in [-0.15, -0.1) is 0 Å². The number of likely N-dealkylation sites (N-methyl/N-ethyl adjacent to an activating group) is 1. The molecule has 0 aliphatic carbocycles. The zero-order valence-electron chi connectivity index (χ0n) is 12.5. The van der Waals surface area contributed by atoms with Crippen molar-refractivity contribution in [3.05, 3.63) is 29.6 Å². The number of aliphatic hydroxyl groups excluding tert-OH is 1. The van der Waals surface area contributed by atoms with Crippen LogP contribution in [0.2, 0.25) is 0 Å². The number of hydrogen-bond donors (Lipinski definition) is 2. The lowest BCUT2D eigenvalue weighted by Gasteiger charge is -2.24. The Morgan fingerprint density at radius 2 is 2.15 bits per heavy atom. The highest BCUT2D eigenvalue weighted by atomic mass is 19.1. The maximum atomic E-state index is 14.1. The Kier molecular flexibility index (Phi) is 7.51. The van der Waals surface area contributed by atoms with Crippen molar-refractivity contribution in [2.24, 2.45) is 0 Å². The molecule has 114 valence electrons. The smallest absolute Gasteiger partial charge is 0.131 e. The van der Waals surface area contributed by atoms with Gasteiger partial charge < -0.3 is 20.1 Å². The van der Waals surface area contributed by atoms with Gasteiger partial charge in [-0.1, -0.05) is 13.0 Å². The van der Waals surface area contributed by atoms with E-state index in [0.717, 1.165) is 19.5 Å². The van der Waals surface area contributed by atoms with E-state index in [4.69, 9.17) is 9.84 Å². The largest absolute Gasteiger partial charge is 0.496 e. The molecule has 20 heavy (non-hydrogen) atoms. The molecule has 0 fully saturated rings. The highest BCUT2D eigenvalue weighted by Crippen LogP contribution is 2.29. The van der Waals surface area contributed by atoms with Gasteiger partial charge in [-0.2, -0.15) is 0 Å². The molecule has 0 saturated carbocycles. The highest BCUT2D eigenvalue weighted by Gasteiger charge is 2.19. The van der Waals surface area contributed by atoms with Gasteiger partial charge in [0.25, 0.3) is 0 Å². The average molecular weight is 284 g/mol. The number of hydrogen-bond acceptors (Lipinski definition) is 4. The molecule has 0 spiro atoms. The maximum Gasteiger partial charge on any atom is 0.131 e. The molecule has 1 aromatic carbocycles. The van der Waals surface area contributed by atoms with Crippen LogP contribution in [-0.2, 0) is 0 Å². The zero-order chi connectivity index (χ0) is 15.0. The predicted octanol–water partition coefficient (Wildman–Crippen LogP) is 1.80. The van der Waals surface area contributed by atoms with Crippen LogP contribution >= 0.6 is 0 Å². The van der Waals surface area contributed by atoms with Crippen molar-refractivity contribution in [2.75, 3.05) is 40.4 Å². The van der Waals surface area contributed by atoms with Crippen LogP contribution in [0.1, 0.15) is 24.9 Å². The number of ether oxygens (including phenoxy) is 1. The van der Waals surface area contributed by atoms with Crippen molar-refractivity contribution >= 4 is 0 Å². The average Bonchev–Trinajstić information content (AvgIpc) is 2.47. The summed E-state index contributed by atoms with van der Waals surface area (Å²) in [6.07, 6.45) is 0.752. The summed E-state index contributed by atoms with van der Waals surface area (Å²) in [7, 11) is 3.37. The summed E-state index contributed by atoms with van der Waals surface area (Å²) in [5, 5.41) is 12.1. The quantitative estimate of drug-likeness (QED) is 0.726. The van der Waals surface area contributed by atoms with Crippen LogP contribution in [0.15, 0.2) is 18.2 Å². The highest BCUT2D eigenvalue weighted by molar-refractivity contribution is 5.37. The summed E-state index contributed by atoms with van der Waals surface area (Å²) in [6.45, 7) is 4.49. The van der Waals surface area contributed by atoms with Crippen LogP contribution in [0.4, 0.5) is 4.39 Å². The molecule has 0 aromatic heterocycles. The molecule has 1 rings (SSSR count). The Labute approximate surface area is 120 Å². The number of nitrogens with zero attached hydrogens (tertiary/aromatic N) is 1. The van der Waals surface area contributed by atoms with Crippen molar-refractivity contribution in [3.63, 3.8) is 0 Å². The summed E-state index contributed by atoms with van der Waals surface area (Å²) in [4.78, 5) is 2.14. The van der Waals surface area contributed by atoms with Gasteiger partial charge in [0, 0.05) is 24.7 Å². The van der Waals surface area contributed by atoms with Crippen molar-refractivity contribution in [3.8, 4) is 5.75 Å². The fourth-order valence-corrected chi connectivity index (χ4v) is 2.35. The van der Waals surface area contributed by atoms with E-state index in [0.29, 0.717) is 17.9 Å². The fourth-order valence-electron chi connectivity index (χ4n) is 2.35. The normalized spacial score (nSPS) is 12.7. The van der Waals surface area contributed by atoms with Crippen LogP contribution in [0.3, 0.4) is 0 Å². The van der Waals surface area contributed by atoms with Crippen LogP contribution < -0.4 is 10.1 Å². The number of halogens is 1. The minimum atomic E-state index is -0.256. The summed E-state index contributed by atoms with van der Waals surface area (Å²) in [5.74, 6) is 0.309. The Balaban J connectivity index is 2.80. The molecule has 0 aliphatic rings. The van der Waals surface area contributed by atoms with E-state index >= 15 is 0 Å². The van der Waals surface area contributed by atoms with Gasteiger partial charge in [0.05, 0.1) is 13.7 Å². The first-order valence-electron chi connectivity index (χ1n) is 7.00. The molecule has 2 N–H and O–H groups in total. The summed E-state index contributed by atoms with van der Waals surface area (Å²) >= 11 is 0. The van der Waals surface area contributed by atoms with Gasteiger partial charge in [-0.3, -0.25) is 0 Å². The topological polar surface area (TPSA) is 44.7 Å². The third-order valence-electron chi connectivity index (χ3n) is 3.53. The summed E-state index contributed by atoms with van der Waals surface area (Å²) in [5.41, 5.74) is 0.567. The Hall–Kier alpha value is -1.17. The maximum absolute atomic E-state index is 14.1. The first-order valence-corrected chi connectivity index (χ1v) is 7.00. The lowest BCUT2D eigenvalue weighted by Crippen LogP contribution is -2.31. The van der Waals surface area contributed by atoms with Crippen LogP contribution in [-0.4, -0.2) is 50.4 Å². The molecule has 1 unspecified atom stereocenters. The van der Waals surface area contributed by atoms with Gasteiger partial charge in [-0.05, 0) is 32.1 Å². The molecule has 5 heteroatoms. The van der Waals surface area contributed by atoms with E-state index in [1.54, 1.807) is 19.2 Å². The van der Waals surface area contributed by atoms with Crippen LogP contribution in [0, 0.1) is 5.82 Å². The van der Waals surface area contributed by atoms with Crippen molar-refractivity contribution in [1.82, 2.24) is 10.2 Å². The van der Waals surface area contributed by atoms with Gasteiger partial charge in [0.2, 0.25) is 0 Å². The zero-order valence-corrected chi connectivity index (χ0v) is 12.5. The molecule has 0 aliphatic heterocycles. The van der Waals surface area contributed by atoms with E-state index in [1.165, 1.54) is 6.07 Å². The van der Waals surface area contributed by atoms with E-state index in [9.17, 15) is 4.39 Å². The molecule has 1 atom stereocenters. The minimum absolute atomic E-state index is 0.112. The molecule has 1 aromatic rings.